The third-order valence-corrected chi connectivity index (χ3v) is 3.64. The Hall–Kier alpha value is -2.97. The van der Waals surface area contributed by atoms with E-state index in [0.717, 1.165) is 34.1 Å². The van der Waals surface area contributed by atoms with Gasteiger partial charge in [-0.3, -0.25) is 29.0 Å². The number of hydrogen-bond donors (Lipinski definition) is 0. The van der Waals surface area contributed by atoms with Crippen molar-refractivity contribution in [2.45, 2.75) is 26.4 Å². The highest BCUT2D eigenvalue weighted by Gasteiger charge is 2.29. The molecule has 0 aromatic carbocycles. The molecule has 0 saturated heterocycles. The Morgan fingerprint density at radius 3 is 1.50 bits per heavy atom. The van der Waals surface area contributed by atoms with Crippen LogP contribution >= 0.6 is 0 Å². The van der Waals surface area contributed by atoms with Crippen molar-refractivity contribution in [3.05, 3.63) is 24.3 Å². The molecule has 9 nitrogen and oxygen atoms in total. The van der Waals surface area contributed by atoms with Gasteiger partial charge in [0.1, 0.15) is 5.60 Å². The van der Waals surface area contributed by atoms with Gasteiger partial charge in [0.2, 0.25) is 0 Å². The molecule has 0 aromatic heterocycles. The van der Waals surface area contributed by atoms with Gasteiger partial charge in [-0.2, -0.15) is 0 Å². The van der Waals surface area contributed by atoms with Crippen molar-refractivity contribution in [1.29, 1.82) is 0 Å². The summed E-state index contributed by atoms with van der Waals surface area (Å²) in [6.45, 7) is 5.15. The summed E-state index contributed by atoms with van der Waals surface area (Å²) < 4.78 is 5.32. The fraction of sp³-hybridized carbons (Fsp3) is 0.471. The Kier molecular flexibility index (Phi) is 5.59. The molecule has 26 heavy (non-hydrogen) atoms. The molecule has 2 heterocycles. The third kappa shape index (κ3) is 4.78. The average molecular weight is 363 g/mol. The van der Waals surface area contributed by atoms with E-state index in [2.05, 4.69) is 0 Å². The lowest BCUT2D eigenvalue weighted by Crippen LogP contribution is -2.46. The molecular weight excluding hydrogens is 342 g/mol. The number of rotatable bonds is 6. The van der Waals surface area contributed by atoms with Crippen LogP contribution in [0, 0.1) is 0 Å². The molecule has 0 spiro atoms. The zero-order valence-corrected chi connectivity index (χ0v) is 14.9. The molecule has 0 unspecified atom stereocenters. The quantitative estimate of drug-likeness (QED) is 0.619. The van der Waals surface area contributed by atoms with E-state index < -0.39 is 35.3 Å². The van der Waals surface area contributed by atoms with Crippen LogP contribution in [0.25, 0.3) is 0 Å². The molecule has 0 aromatic rings. The number of amides is 5. The monoisotopic (exact) mass is 363 g/mol. The van der Waals surface area contributed by atoms with Crippen molar-refractivity contribution >= 4 is 29.7 Å². The smallest absolute Gasteiger partial charge is 0.410 e. The average Bonchev–Trinajstić information content (AvgIpc) is 3.01. The van der Waals surface area contributed by atoms with Gasteiger partial charge in [0.25, 0.3) is 23.6 Å². The molecule has 9 heteroatoms. The van der Waals surface area contributed by atoms with Crippen molar-refractivity contribution in [1.82, 2.24) is 14.7 Å². The first kappa shape index (κ1) is 19.4. The largest absolute Gasteiger partial charge is 0.444 e. The SMILES string of the molecule is CC(C)(C)OC(=O)N(CCN1C(=O)C=CC1=O)CCN1C(=O)C=CC1=O. The molecule has 2 rings (SSSR count). The molecular formula is C17H21N3O6. The van der Waals surface area contributed by atoms with E-state index in [-0.39, 0.29) is 26.2 Å². The van der Waals surface area contributed by atoms with Crippen molar-refractivity contribution in [2.75, 3.05) is 26.2 Å². The maximum atomic E-state index is 12.4. The summed E-state index contributed by atoms with van der Waals surface area (Å²) in [4.78, 5) is 62.2. The van der Waals surface area contributed by atoms with Gasteiger partial charge < -0.3 is 9.64 Å². The summed E-state index contributed by atoms with van der Waals surface area (Å²) in [7, 11) is 0. The molecule has 2 aliphatic heterocycles. The lowest BCUT2D eigenvalue weighted by Gasteiger charge is -2.29. The predicted octanol–water partition coefficient (Wildman–Crippen LogP) is 0.0735. The van der Waals surface area contributed by atoms with Crippen LogP contribution in [0.15, 0.2) is 24.3 Å². The van der Waals surface area contributed by atoms with Gasteiger partial charge in [0.05, 0.1) is 0 Å². The molecule has 0 aliphatic carbocycles. The zero-order chi connectivity index (χ0) is 19.5. The molecule has 0 saturated carbocycles. The minimum Gasteiger partial charge on any atom is -0.444 e. The molecule has 5 amide bonds. The fourth-order valence-electron chi connectivity index (χ4n) is 2.37. The van der Waals surface area contributed by atoms with Gasteiger partial charge in [0.15, 0.2) is 0 Å². The molecule has 2 aliphatic rings. The molecule has 0 atom stereocenters. The second-order valence-electron chi connectivity index (χ2n) is 6.79. The maximum Gasteiger partial charge on any atom is 0.410 e. The highest BCUT2D eigenvalue weighted by molar-refractivity contribution is 6.13. The minimum absolute atomic E-state index is 0.00987. The highest BCUT2D eigenvalue weighted by Crippen LogP contribution is 2.12. The third-order valence-electron chi connectivity index (χ3n) is 3.64. The van der Waals surface area contributed by atoms with Gasteiger partial charge in [-0.1, -0.05) is 0 Å². The lowest BCUT2D eigenvalue weighted by atomic mass is 10.2. The van der Waals surface area contributed by atoms with Crippen LogP contribution in [-0.4, -0.2) is 76.2 Å². The Bertz CT molecular complexity index is 622. The molecule has 0 fully saturated rings. The zero-order valence-electron chi connectivity index (χ0n) is 14.9. The summed E-state index contributed by atoms with van der Waals surface area (Å²) in [5.41, 5.74) is -0.739. The van der Waals surface area contributed by atoms with E-state index in [1.807, 2.05) is 0 Å². The second kappa shape index (κ2) is 7.51. The number of nitrogens with zero attached hydrogens (tertiary/aromatic N) is 3. The summed E-state index contributed by atoms with van der Waals surface area (Å²) >= 11 is 0. The van der Waals surface area contributed by atoms with Crippen LogP contribution in [0.3, 0.4) is 0 Å². The van der Waals surface area contributed by atoms with Gasteiger partial charge in [-0.15, -0.1) is 0 Å². The van der Waals surface area contributed by atoms with Crippen LogP contribution in [-0.2, 0) is 23.9 Å². The Morgan fingerprint density at radius 1 is 0.846 bits per heavy atom. The minimum atomic E-state index is -0.739. The highest BCUT2D eigenvalue weighted by atomic mass is 16.6. The normalized spacial score (nSPS) is 16.9. The topological polar surface area (TPSA) is 104 Å². The van der Waals surface area contributed by atoms with Gasteiger partial charge in [0, 0.05) is 50.5 Å². The first-order valence-electron chi connectivity index (χ1n) is 8.13. The summed E-state index contributed by atoms with van der Waals surface area (Å²) in [5, 5.41) is 0. The van der Waals surface area contributed by atoms with Crippen LogP contribution in [0.5, 0.6) is 0 Å². The first-order valence-corrected chi connectivity index (χ1v) is 8.13. The lowest BCUT2D eigenvalue weighted by molar-refractivity contribution is -0.137. The summed E-state index contributed by atoms with van der Waals surface area (Å²) in [6.07, 6.45) is 3.98. The maximum absolute atomic E-state index is 12.4. The van der Waals surface area contributed by atoms with E-state index in [1.54, 1.807) is 20.8 Å². The van der Waals surface area contributed by atoms with Crippen molar-refractivity contribution < 1.29 is 28.7 Å². The first-order chi connectivity index (χ1) is 12.1. The molecule has 0 N–H and O–H groups in total. The van der Waals surface area contributed by atoms with E-state index in [1.165, 1.54) is 4.90 Å². The van der Waals surface area contributed by atoms with Gasteiger partial charge in [-0.05, 0) is 20.8 Å². The number of ether oxygens (including phenoxy) is 1. The van der Waals surface area contributed by atoms with Crippen LogP contribution in [0.2, 0.25) is 0 Å². The summed E-state index contributed by atoms with van der Waals surface area (Å²) in [6, 6.07) is 0. The van der Waals surface area contributed by atoms with Crippen molar-refractivity contribution in [2.24, 2.45) is 0 Å². The van der Waals surface area contributed by atoms with Gasteiger partial charge >= 0.3 is 6.09 Å². The van der Waals surface area contributed by atoms with E-state index >= 15 is 0 Å². The molecule has 140 valence electrons. The predicted molar refractivity (Wildman–Crippen MR) is 89.5 cm³/mol. The number of carbonyl (C=O) groups excluding carboxylic acids is 5. The van der Waals surface area contributed by atoms with E-state index in [9.17, 15) is 24.0 Å². The second-order valence-corrected chi connectivity index (χ2v) is 6.79. The summed E-state index contributed by atoms with van der Waals surface area (Å²) in [5.74, 6) is -1.80. The Morgan fingerprint density at radius 2 is 1.19 bits per heavy atom. The number of imide groups is 2. The van der Waals surface area contributed by atoms with Crippen LogP contribution < -0.4 is 0 Å². The Labute approximate surface area is 150 Å². The molecule has 0 radical (unpaired) electrons. The van der Waals surface area contributed by atoms with Crippen LogP contribution in [0.4, 0.5) is 4.79 Å². The van der Waals surface area contributed by atoms with E-state index in [4.69, 9.17) is 4.74 Å². The standard InChI is InChI=1S/C17H21N3O6/c1-17(2,3)26-16(25)18(8-10-19-12(21)4-5-13(19)22)9-11-20-14(23)6-7-15(20)24/h4-7H,8-11H2,1-3H3. The van der Waals surface area contributed by atoms with E-state index in [0.29, 0.717) is 0 Å². The van der Waals surface area contributed by atoms with Crippen molar-refractivity contribution in [3.63, 3.8) is 0 Å². The number of hydrogen-bond acceptors (Lipinski definition) is 6. The van der Waals surface area contributed by atoms with Crippen LogP contribution in [0.1, 0.15) is 20.8 Å². The Balaban J connectivity index is 2.00. The van der Waals surface area contributed by atoms with Crippen molar-refractivity contribution in [3.8, 4) is 0 Å². The van der Waals surface area contributed by atoms with Gasteiger partial charge in [-0.25, -0.2) is 4.79 Å². The number of carbonyl (C=O) groups is 5. The fourth-order valence-corrected chi connectivity index (χ4v) is 2.37. The molecule has 0 bridgehead atoms.